The number of sulfonamides is 1. The first-order chi connectivity index (χ1) is 16.5. The zero-order chi connectivity index (χ0) is 24.0. The third kappa shape index (κ3) is 6.02. The number of hydrogen-bond acceptors (Lipinski definition) is 6. The number of rotatable bonds is 11. The number of ether oxygens (including phenoxy) is 1. The van der Waals surface area contributed by atoms with Gasteiger partial charge in [0, 0.05) is 13.6 Å². The molecule has 0 N–H and O–H groups in total. The Kier molecular flexibility index (Phi) is 7.97. The molecular weight excluding hydrogens is 450 g/mol. The predicted molar refractivity (Wildman–Crippen MR) is 131 cm³/mol. The van der Waals surface area contributed by atoms with Gasteiger partial charge in [0.05, 0.1) is 35.6 Å². The Balaban J connectivity index is 1.37. The van der Waals surface area contributed by atoms with Crippen molar-refractivity contribution in [3.8, 4) is 11.4 Å². The van der Waals surface area contributed by atoms with Gasteiger partial charge in [0.15, 0.2) is 0 Å². The molecule has 9 heteroatoms. The van der Waals surface area contributed by atoms with Crippen LogP contribution in [0.15, 0.2) is 59.6 Å². The highest BCUT2D eigenvalue weighted by atomic mass is 32.2. The molecule has 0 aliphatic carbocycles. The third-order valence-electron chi connectivity index (χ3n) is 6.03. The molecule has 3 aromatic rings. The molecule has 34 heavy (non-hydrogen) atoms. The maximum atomic E-state index is 13.1. The molecule has 0 amide bonds. The fraction of sp³-hybridized carbons (Fsp3) is 0.440. The first-order valence-electron chi connectivity index (χ1n) is 11.9. The van der Waals surface area contributed by atoms with Gasteiger partial charge in [0.2, 0.25) is 10.0 Å². The fourth-order valence-electron chi connectivity index (χ4n) is 3.99. The highest BCUT2D eigenvalue weighted by Gasteiger charge is 2.22. The van der Waals surface area contributed by atoms with Gasteiger partial charge in [-0.05, 0) is 74.3 Å². The molecule has 2 aromatic carbocycles. The summed E-state index contributed by atoms with van der Waals surface area (Å²) in [4.78, 5) is 2.68. The van der Waals surface area contributed by atoms with Crippen LogP contribution in [0.3, 0.4) is 0 Å². The minimum atomic E-state index is -3.63. The molecule has 1 aliphatic heterocycles. The van der Waals surface area contributed by atoms with Crippen molar-refractivity contribution < 1.29 is 13.2 Å². The number of likely N-dealkylation sites (tertiary alicyclic amines) is 1. The van der Waals surface area contributed by atoms with E-state index in [2.05, 4.69) is 22.1 Å². The zero-order valence-electron chi connectivity index (χ0n) is 19.9. The summed E-state index contributed by atoms with van der Waals surface area (Å²) in [6.45, 7) is 6.05. The molecule has 0 saturated carbocycles. The summed E-state index contributed by atoms with van der Waals surface area (Å²) in [6.07, 6.45) is 6.33. The lowest BCUT2D eigenvalue weighted by molar-refractivity contribution is 0.309. The van der Waals surface area contributed by atoms with Crippen LogP contribution in [0, 0.1) is 0 Å². The van der Waals surface area contributed by atoms with E-state index in [0.29, 0.717) is 12.3 Å². The first-order valence-corrected chi connectivity index (χ1v) is 13.3. The lowest BCUT2D eigenvalue weighted by Crippen LogP contribution is -2.26. The lowest BCUT2D eigenvalue weighted by atomic mass is 10.2. The molecule has 1 saturated heterocycles. The van der Waals surface area contributed by atoms with E-state index in [-0.39, 0.29) is 11.4 Å². The summed E-state index contributed by atoms with van der Waals surface area (Å²) in [6, 6.07) is 14.8. The van der Waals surface area contributed by atoms with Crippen LogP contribution < -0.4 is 4.74 Å². The minimum Gasteiger partial charge on any atom is -0.494 e. The van der Waals surface area contributed by atoms with E-state index < -0.39 is 10.0 Å². The van der Waals surface area contributed by atoms with E-state index in [0.717, 1.165) is 49.5 Å². The van der Waals surface area contributed by atoms with Crippen molar-refractivity contribution in [1.82, 2.24) is 24.2 Å². The largest absolute Gasteiger partial charge is 0.494 e. The second kappa shape index (κ2) is 11.1. The van der Waals surface area contributed by atoms with Crippen LogP contribution >= 0.6 is 0 Å². The number of nitrogens with zero attached hydrogens (tertiary/aromatic N) is 5. The Morgan fingerprint density at radius 1 is 1.03 bits per heavy atom. The van der Waals surface area contributed by atoms with Crippen LogP contribution in [-0.4, -0.2) is 59.4 Å². The van der Waals surface area contributed by atoms with Gasteiger partial charge in [-0.2, -0.15) is 4.31 Å². The van der Waals surface area contributed by atoms with Crippen LogP contribution in [0.5, 0.6) is 5.75 Å². The highest BCUT2D eigenvalue weighted by Crippen LogP contribution is 2.20. The normalized spacial score (nSPS) is 14.7. The first kappa shape index (κ1) is 24.4. The summed E-state index contributed by atoms with van der Waals surface area (Å²) in [7, 11) is -2.06. The van der Waals surface area contributed by atoms with E-state index in [1.165, 1.54) is 17.1 Å². The zero-order valence-corrected chi connectivity index (χ0v) is 20.7. The molecule has 1 aliphatic rings. The maximum absolute atomic E-state index is 13.1. The topological polar surface area (TPSA) is 80.6 Å². The molecule has 0 atom stereocenters. The van der Waals surface area contributed by atoms with Crippen LogP contribution in [-0.2, 0) is 23.1 Å². The Labute approximate surface area is 202 Å². The summed E-state index contributed by atoms with van der Waals surface area (Å²) in [5.41, 5.74) is 2.54. The monoisotopic (exact) mass is 483 g/mol. The van der Waals surface area contributed by atoms with Crippen LogP contribution in [0.4, 0.5) is 0 Å². The number of aromatic nitrogens is 3. The molecule has 8 nitrogen and oxygen atoms in total. The second-order valence-corrected chi connectivity index (χ2v) is 10.8. The van der Waals surface area contributed by atoms with E-state index >= 15 is 0 Å². The Hall–Kier alpha value is -2.75. The fourth-order valence-corrected chi connectivity index (χ4v) is 5.13. The molecule has 182 valence electrons. The predicted octanol–water partition coefficient (Wildman–Crippen LogP) is 3.86. The van der Waals surface area contributed by atoms with Gasteiger partial charge >= 0.3 is 0 Å². The second-order valence-electron chi connectivity index (χ2n) is 8.74. The average molecular weight is 484 g/mol. The molecule has 1 aromatic heterocycles. The Bertz CT molecular complexity index is 1150. The van der Waals surface area contributed by atoms with Crippen LogP contribution in [0.2, 0.25) is 0 Å². The van der Waals surface area contributed by atoms with Crippen molar-refractivity contribution in [2.75, 3.05) is 26.7 Å². The van der Waals surface area contributed by atoms with Crippen molar-refractivity contribution in [3.63, 3.8) is 0 Å². The standard InChI is InChI=1S/C25H33N5O3S/c1-3-4-17-33-24-11-9-23(10-12-24)30-20-22(26-27-30)19-28(2)34(31,32)25-13-7-21(8-14-25)18-29-15-5-6-16-29/h7-14,20H,3-6,15-19H2,1-2H3. The van der Waals surface area contributed by atoms with Crippen molar-refractivity contribution in [3.05, 3.63) is 66.0 Å². The van der Waals surface area contributed by atoms with Crippen molar-refractivity contribution >= 4 is 10.0 Å². The van der Waals surface area contributed by atoms with Gasteiger partial charge in [-0.3, -0.25) is 4.90 Å². The third-order valence-corrected chi connectivity index (χ3v) is 7.85. The molecule has 0 bridgehead atoms. The van der Waals surface area contributed by atoms with Gasteiger partial charge in [-0.15, -0.1) is 5.10 Å². The molecule has 0 spiro atoms. The van der Waals surface area contributed by atoms with Crippen molar-refractivity contribution in [2.24, 2.45) is 0 Å². The van der Waals surface area contributed by atoms with Gasteiger partial charge in [0.25, 0.3) is 0 Å². The van der Waals surface area contributed by atoms with Gasteiger partial charge in [-0.25, -0.2) is 13.1 Å². The summed E-state index contributed by atoms with van der Waals surface area (Å²) >= 11 is 0. The van der Waals surface area contributed by atoms with E-state index in [1.54, 1.807) is 30.1 Å². The number of unbranched alkanes of at least 4 members (excludes halogenated alkanes) is 1. The van der Waals surface area contributed by atoms with E-state index in [9.17, 15) is 8.42 Å². The molecular formula is C25H33N5O3S. The van der Waals surface area contributed by atoms with Crippen molar-refractivity contribution in [2.45, 2.75) is 50.6 Å². The van der Waals surface area contributed by atoms with Crippen LogP contribution in [0.1, 0.15) is 43.9 Å². The highest BCUT2D eigenvalue weighted by molar-refractivity contribution is 7.89. The Morgan fingerprint density at radius 2 is 1.74 bits per heavy atom. The summed E-state index contributed by atoms with van der Waals surface area (Å²) in [5.74, 6) is 0.815. The number of benzene rings is 2. The lowest BCUT2D eigenvalue weighted by Gasteiger charge is -2.17. The summed E-state index contributed by atoms with van der Waals surface area (Å²) in [5, 5.41) is 8.32. The maximum Gasteiger partial charge on any atom is 0.243 e. The number of hydrogen-bond donors (Lipinski definition) is 0. The van der Waals surface area contributed by atoms with Crippen LogP contribution in [0.25, 0.3) is 5.69 Å². The van der Waals surface area contributed by atoms with Gasteiger partial charge in [-0.1, -0.05) is 30.7 Å². The molecule has 0 radical (unpaired) electrons. The average Bonchev–Trinajstić information content (AvgIpc) is 3.52. The van der Waals surface area contributed by atoms with Gasteiger partial charge < -0.3 is 4.74 Å². The van der Waals surface area contributed by atoms with Gasteiger partial charge in [0.1, 0.15) is 5.75 Å². The van der Waals surface area contributed by atoms with E-state index in [4.69, 9.17) is 4.74 Å². The molecule has 2 heterocycles. The molecule has 0 unspecified atom stereocenters. The molecule has 4 rings (SSSR count). The minimum absolute atomic E-state index is 0.135. The van der Waals surface area contributed by atoms with Crippen molar-refractivity contribution in [1.29, 1.82) is 0 Å². The van der Waals surface area contributed by atoms with E-state index in [1.807, 2.05) is 36.4 Å². The SMILES string of the molecule is CCCCOc1ccc(-n2cc(CN(C)S(=O)(=O)c3ccc(CN4CCCC4)cc3)nn2)cc1. The quantitative estimate of drug-likeness (QED) is 0.385. The summed E-state index contributed by atoms with van der Waals surface area (Å²) < 4.78 is 34.8. The smallest absolute Gasteiger partial charge is 0.243 e. The molecule has 1 fully saturated rings. The Morgan fingerprint density at radius 3 is 2.41 bits per heavy atom.